The number of likely N-dealkylation sites (tertiary alicyclic amines) is 1. The SMILES string of the molecule is Brc1csc(CN2CC(N3CCNCC3)C2)c1. The zero-order valence-corrected chi connectivity index (χ0v) is 12.3. The van der Waals surface area contributed by atoms with Gasteiger partial charge in [0, 0.05) is 66.6 Å². The standard InChI is InChI=1S/C12H18BrN3S/c13-10-5-12(17-9-10)8-15-6-11(7-15)16-3-1-14-2-4-16/h5,9,11,14H,1-4,6-8H2. The van der Waals surface area contributed by atoms with E-state index in [1.165, 1.54) is 35.5 Å². The molecular formula is C12H18BrN3S. The van der Waals surface area contributed by atoms with E-state index in [1.54, 1.807) is 0 Å². The molecule has 94 valence electrons. The van der Waals surface area contributed by atoms with Gasteiger partial charge in [-0.2, -0.15) is 0 Å². The Bertz CT molecular complexity index is 370. The summed E-state index contributed by atoms with van der Waals surface area (Å²) in [4.78, 5) is 6.65. The number of halogens is 1. The fraction of sp³-hybridized carbons (Fsp3) is 0.667. The van der Waals surface area contributed by atoms with Gasteiger partial charge >= 0.3 is 0 Å². The summed E-state index contributed by atoms with van der Waals surface area (Å²) < 4.78 is 1.22. The Kier molecular flexibility index (Phi) is 3.82. The normalized spacial score (nSPS) is 23.8. The topological polar surface area (TPSA) is 18.5 Å². The number of hydrogen-bond donors (Lipinski definition) is 1. The molecule has 3 heterocycles. The first-order chi connectivity index (χ1) is 8.31. The number of thiophene rings is 1. The predicted molar refractivity (Wildman–Crippen MR) is 75.5 cm³/mol. The van der Waals surface area contributed by atoms with Gasteiger partial charge in [-0.05, 0) is 22.0 Å². The Morgan fingerprint density at radius 1 is 1.35 bits per heavy atom. The molecule has 2 aliphatic heterocycles. The summed E-state index contributed by atoms with van der Waals surface area (Å²) in [6.45, 7) is 8.39. The van der Waals surface area contributed by atoms with Crippen molar-refractivity contribution in [3.63, 3.8) is 0 Å². The minimum atomic E-state index is 0.806. The van der Waals surface area contributed by atoms with Crippen molar-refractivity contribution in [2.45, 2.75) is 12.6 Å². The fourth-order valence-electron chi connectivity index (χ4n) is 2.61. The third-order valence-corrected chi connectivity index (χ3v) is 5.29. The van der Waals surface area contributed by atoms with Gasteiger partial charge in [-0.1, -0.05) is 0 Å². The van der Waals surface area contributed by atoms with Gasteiger partial charge in [0.25, 0.3) is 0 Å². The number of nitrogens with zero attached hydrogens (tertiary/aromatic N) is 2. The molecule has 0 aromatic carbocycles. The molecule has 2 fully saturated rings. The van der Waals surface area contributed by atoms with Crippen molar-refractivity contribution in [2.75, 3.05) is 39.3 Å². The molecule has 3 rings (SSSR count). The van der Waals surface area contributed by atoms with Crippen LogP contribution in [0.4, 0.5) is 0 Å². The molecular weight excluding hydrogens is 298 g/mol. The lowest BCUT2D eigenvalue weighted by Crippen LogP contribution is -2.62. The second-order valence-corrected chi connectivity index (χ2v) is 6.78. The highest BCUT2D eigenvalue weighted by molar-refractivity contribution is 9.10. The molecule has 17 heavy (non-hydrogen) atoms. The third-order valence-electron chi connectivity index (χ3n) is 3.61. The van der Waals surface area contributed by atoms with E-state index < -0.39 is 0 Å². The molecule has 5 heteroatoms. The van der Waals surface area contributed by atoms with E-state index in [1.807, 2.05) is 11.3 Å². The molecule has 1 aromatic rings. The third kappa shape index (κ3) is 2.90. The lowest BCUT2D eigenvalue weighted by molar-refractivity contribution is 0.0229. The zero-order valence-electron chi connectivity index (χ0n) is 9.86. The van der Waals surface area contributed by atoms with Crippen molar-refractivity contribution in [1.29, 1.82) is 0 Å². The van der Waals surface area contributed by atoms with E-state index >= 15 is 0 Å². The van der Waals surface area contributed by atoms with E-state index in [0.29, 0.717) is 0 Å². The average Bonchev–Trinajstić information content (AvgIpc) is 2.70. The van der Waals surface area contributed by atoms with Crippen LogP contribution in [-0.4, -0.2) is 55.1 Å². The molecule has 0 atom stereocenters. The summed E-state index contributed by atoms with van der Waals surface area (Å²) in [6.07, 6.45) is 0. The molecule has 0 saturated carbocycles. The summed E-state index contributed by atoms with van der Waals surface area (Å²) in [6, 6.07) is 3.04. The first kappa shape index (κ1) is 12.1. The van der Waals surface area contributed by atoms with Crippen LogP contribution < -0.4 is 5.32 Å². The Morgan fingerprint density at radius 3 is 2.76 bits per heavy atom. The van der Waals surface area contributed by atoms with E-state index in [-0.39, 0.29) is 0 Å². The fourth-order valence-corrected chi connectivity index (χ4v) is 4.10. The summed E-state index contributed by atoms with van der Waals surface area (Å²) in [5.41, 5.74) is 0. The van der Waals surface area contributed by atoms with Crippen LogP contribution in [0.1, 0.15) is 4.88 Å². The van der Waals surface area contributed by atoms with E-state index in [9.17, 15) is 0 Å². The minimum absolute atomic E-state index is 0.806. The lowest BCUT2D eigenvalue weighted by Gasteiger charge is -2.46. The number of piperazine rings is 1. The zero-order chi connectivity index (χ0) is 11.7. The maximum Gasteiger partial charge on any atom is 0.0351 e. The van der Waals surface area contributed by atoms with Gasteiger partial charge in [-0.3, -0.25) is 9.80 Å². The van der Waals surface area contributed by atoms with Gasteiger partial charge < -0.3 is 5.32 Å². The molecule has 2 saturated heterocycles. The maximum atomic E-state index is 3.51. The van der Waals surface area contributed by atoms with E-state index in [2.05, 4.69) is 42.5 Å². The number of rotatable bonds is 3. The van der Waals surface area contributed by atoms with Crippen LogP contribution in [0.15, 0.2) is 15.9 Å². The Hall–Kier alpha value is 0.0600. The molecule has 0 spiro atoms. The van der Waals surface area contributed by atoms with Gasteiger partial charge in [0.05, 0.1) is 0 Å². The van der Waals surface area contributed by atoms with Crippen LogP contribution in [0.2, 0.25) is 0 Å². The van der Waals surface area contributed by atoms with Gasteiger partial charge in [-0.15, -0.1) is 11.3 Å². The predicted octanol–water partition coefficient (Wildman–Crippen LogP) is 1.60. The second-order valence-electron chi connectivity index (χ2n) is 4.87. The molecule has 0 bridgehead atoms. The minimum Gasteiger partial charge on any atom is -0.314 e. The molecule has 1 N–H and O–H groups in total. The van der Waals surface area contributed by atoms with E-state index in [4.69, 9.17) is 0 Å². The Balaban J connectivity index is 1.45. The van der Waals surface area contributed by atoms with Crippen molar-refractivity contribution in [3.8, 4) is 0 Å². The molecule has 2 aliphatic rings. The highest BCUT2D eigenvalue weighted by Gasteiger charge is 2.32. The van der Waals surface area contributed by atoms with Gasteiger partial charge in [0.15, 0.2) is 0 Å². The first-order valence-electron chi connectivity index (χ1n) is 6.21. The van der Waals surface area contributed by atoms with Crippen LogP contribution in [-0.2, 0) is 6.54 Å². The van der Waals surface area contributed by atoms with Crippen LogP contribution in [0, 0.1) is 0 Å². The van der Waals surface area contributed by atoms with E-state index in [0.717, 1.165) is 25.7 Å². The van der Waals surface area contributed by atoms with Crippen molar-refractivity contribution in [2.24, 2.45) is 0 Å². The molecule has 0 amide bonds. The first-order valence-corrected chi connectivity index (χ1v) is 7.88. The quantitative estimate of drug-likeness (QED) is 0.914. The van der Waals surface area contributed by atoms with Gasteiger partial charge in [0.2, 0.25) is 0 Å². The Labute approximate surface area is 115 Å². The largest absolute Gasteiger partial charge is 0.314 e. The summed E-state index contributed by atoms with van der Waals surface area (Å²) in [5, 5.41) is 5.58. The lowest BCUT2D eigenvalue weighted by atomic mass is 10.1. The molecule has 0 radical (unpaired) electrons. The number of hydrogen-bond acceptors (Lipinski definition) is 4. The Morgan fingerprint density at radius 2 is 2.12 bits per heavy atom. The number of nitrogens with one attached hydrogen (secondary N) is 1. The smallest absolute Gasteiger partial charge is 0.0351 e. The molecule has 1 aromatic heterocycles. The van der Waals surface area contributed by atoms with Crippen LogP contribution in [0.5, 0.6) is 0 Å². The van der Waals surface area contributed by atoms with Gasteiger partial charge in [-0.25, -0.2) is 0 Å². The monoisotopic (exact) mass is 315 g/mol. The second kappa shape index (κ2) is 5.36. The summed E-state index contributed by atoms with van der Waals surface area (Å²) in [5.74, 6) is 0. The molecule has 3 nitrogen and oxygen atoms in total. The van der Waals surface area contributed by atoms with Crippen LogP contribution in [0.25, 0.3) is 0 Å². The summed E-state index contributed by atoms with van der Waals surface area (Å²) in [7, 11) is 0. The van der Waals surface area contributed by atoms with Gasteiger partial charge in [0.1, 0.15) is 0 Å². The summed E-state index contributed by atoms with van der Waals surface area (Å²) >= 11 is 5.36. The van der Waals surface area contributed by atoms with Crippen molar-refractivity contribution in [3.05, 3.63) is 20.8 Å². The maximum absolute atomic E-state index is 3.51. The average molecular weight is 316 g/mol. The van der Waals surface area contributed by atoms with Crippen molar-refractivity contribution < 1.29 is 0 Å². The highest BCUT2D eigenvalue weighted by Crippen LogP contribution is 2.24. The molecule has 0 aliphatic carbocycles. The van der Waals surface area contributed by atoms with Crippen molar-refractivity contribution in [1.82, 2.24) is 15.1 Å². The van der Waals surface area contributed by atoms with Crippen LogP contribution >= 0.6 is 27.3 Å². The van der Waals surface area contributed by atoms with Crippen LogP contribution in [0.3, 0.4) is 0 Å². The van der Waals surface area contributed by atoms with Crippen molar-refractivity contribution >= 4 is 27.3 Å². The highest BCUT2D eigenvalue weighted by atomic mass is 79.9. The molecule has 0 unspecified atom stereocenters.